The molecule has 2 fully saturated rings. The maximum atomic E-state index is 5.78. The zero-order valence-electron chi connectivity index (χ0n) is 14.4. The fourth-order valence-electron chi connectivity index (χ4n) is 4.34. The lowest BCUT2D eigenvalue weighted by Gasteiger charge is -2.35. The molecule has 4 atom stereocenters. The van der Waals surface area contributed by atoms with E-state index < -0.39 is 0 Å². The van der Waals surface area contributed by atoms with Crippen LogP contribution in [0.5, 0.6) is 0 Å². The summed E-state index contributed by atoms with van der Waals surface area (Å²) in [6.07, 6.45) is 15.6. The Balaban J connectivity index is 1.75. The Kier molecular flexibility index (Phi) is 8.10. The van der Waals surface area contributed by atoms with E-state index >= 15 is 0 Å². The molecule has 1 N–H and O–H groups in total. The fourth-order valence-corrected chi connectivity index (χ4v) is 4.34. The van der Waals surface area contributed by atoms with Crippen molar-refractivity contribution >= 4 is 0 Å². The fraction of sp³-hybridized carbons (Fsp3) is 1.00. The first-order valence-electron chi connectivity index (χ1n) is 9.68. The molecule has 1 saturated carbocycles. The Labute approximate surface area is 132 Å². The van der Waals surface area contributed by atoms with Gasteiger partial charge < -0.3 is 10.1 Å². The predicted octanol–water partition coefficient (Wildman–Crippen LogP) is 4.92. The highest BCUT2D eigenvalue weighted by Crippen LogP contribution is 2.34. The van der Waals surface area contributed by atoms with Crippen molar-refractivity contribution in [2.75, 3.05) is 13.2 Å². The third-order valence-electron chi connectivity index (χ3n) is 5.69. The van der Waals surface area contributed by atoms with Gasteiger partial charge in [-0.05, 0) is 69.7 Å². The van der Waals surface area contributed by atoms with E-state index in [0.717, 1.165) is 24.5 Å². The molecule has 2 heteroatoms. The molecule has 124 valence electrons. The van der Waals surface area contributed by atoms with Crippen molar-refractivity contribution in [3.63, 3.8) is 0 Å². The smallest absolute Gasteiger partial charge is 0.0576 e. The van der Waals surface area contributed by atoms with Crippen molar-refractivity contribution in [3.8, 4) is 0 Å². The second-order valence-electron chi connectivity index (χ2n) is 7.33. The minimum Gasteiger partial charge on any atom is -0.378 e. The molecule has 1 heterocycles. The molecule has 0 spiro atoms. The van der Waals surface area contributed by atoms with Crippen molar-refractivity contribution in [1.29, 1.82) is 0 Å². The number of nitrogens with one attached hydrogen (secondary N) is 1. The zero-order chi connectivity index (χ0) is 14.9. The van der Waals surface area contributed by atoms with E-state index in [9.17, 15) is 0 Å². The van der Waals surface area contributed by atoms with E-state index in [-0.39, 0.29) is 0 Å². The molecule has 0 aromatic heterocycles. The molecule has 4 unspecified atom stereocenters. The zero-order valence-corrected chi connectivity index (χ0v) is 14.4. The molecular weight excluding hydrogens is 258 g/mol. The highest BCUT2D eigenvalue weighted by atomic mass is 16.5. The second-order valence-corrected chi connectivity index (χ2v) is 7.33. The molecule has 2 rings (SSSR count). The third-order valence-corrected chi connectivity index (χ3v) is 5.69. The van der Waals surface area contributed by atoms with Crippen LogP contribution >= 0.6 is 0 Å². The molecule has 1 saturated heterocycles. The summed E-state index contributed by atoms with van der Waals surface area (Å²) in [5.41, 5.74) is 0. The van der Waals surface area contributed by atoms with Crippen LogP contribution in [0.15, 0.2) is 0 Å². The maximum absolute atomic E-state index is 5.78. The molecule has 1 aliphatic heterocycles. The summed E-state index contributed by atoms with van der Waals surface area (Å²) in [5.74, 6) is 1.92. The Morgan fingerprint density at radius 3 is 2.76 bits per heavy atom. The second kappa shape index (κ2) is 9.84. The van der Waals surface area contributed by atoms with Crippen LogP contribution < -0.4 is 5.32 Å². The van der Waals surface area contributed by atoms with Crippen LogP contribution in [0.25, 0.3) is 0 Å². The normalized spacial score (nSPS) is 31.4. The number of ether oxygens (including phenoxy) is 1. The van der Waals surface area contributed by atoms with Gasteiger partial charge in [-0.25, -0.2) is 0 Å². The predicted molar refractivity (Wildman–Crippen MR) is 90.6 cm³/mol. The lowest BCUT2D eigenvalue weighted by molar-refractivity contribution is 0.0993. The lowest BCUT2D eigenvalue weighted by atomic mass is 9.75. The van der Waals surface area contributed by atoms with Gasteiger partial charge in [0.2, 0.25) is 0 Å². The summed E-state index contributed by atoms with van der Waals surface area (Å²) in [6.45, 7) is 6.85. The van der Waals surface area contributed by atoms with E-state index in [1.54, 1.807) is 0 Å². The molecule has 21 heavy (non-hydrogen) atoms. The van der Waals surface area contributed by atoms with Crippen LogP contribution in [0.2, 0.25) is 0 Å². The number of rotatable bonds is 9. The molecule has 0 radical (unpaired) electrons. The quantitative estimate of drug-likeness (QED) is 0.652. The van der Waals surface area contributed by atoms with Crippen molar-refractivity contribution < 1.29 is 4.74 Å². The molecule has 0 bridgehead atoms. The molecular formula is C19H37NO. The highest BCUT2D eigenvalue weighted by molar-refractivity contribution is 4.83. The van der Waals surface area contributed by atoms with E-state index in [4.69, 9.17) is 4.74 Å². The number of hydrogen-bond acceptors (Lipinski definition) is 2. The topological polar surface area (TPSA) is 21.3 Å². The van der Waals surface area contributed by atoms with E-state index in [1.165, 1.54) is 77.2 Å². The average Bonchev–Trinajstić information content (AvgIpc) is 3.04. The number of hydrogen-bond donors (Lipinski definition) is 1. The summed E-state index contributed by atoms with van der Waals surface area (Å²) in [5, 5.41) is 3.87. The summed E-state index contributed by atoms with van der Waals surface area (Å²) in [6, 6.07) is 0.765. The molecule has 2 nitrogen and oxygen atoms in total. The van der Waals surface area contributed by atoms with Gasteiger partial charge in [0, 0.05) is 12.6 Å². The van der Waals surface area contributed by atoms with Gasteiger partial charge in [0.25, 0.3) is 0 Å². The van der Waals surface area contributed by atoms with Crippen LogP contribution in [0.1, 0.15) is 84.5 Å². The summed E-state index contributed by atoms with van der Waals surface area (Å²) in [4.78, 5) is 0. The average molecular weight is 296 g/mol. The van der Waals surface area contributed by atoms with Gasteiger partial charge in [-0.2, -0.15) is 0 Å². The van der Waals surface area contributed by atoms with Gasteiger partial charge in [-0.1, -0.05) is 33.1 Å². The molecule has 1 aliphatic carbocycles. The first kappa shape index (κ1) is 17.3. The Bertz CT molecular complexity index is 262. The van der Waals surface area contributed by atoms with E-state index in [1.807, 2.05) is 0 Å². The highest BCUT2D eigenvalue weighted by Gasteiger charge is 2.27. The summed E-state index contributed by atoms with van der Waals surface area (Å²) >= 11 is 0. The van der Waals surface area contributed by atoms with Gasteiger partial charge in [0.15, 0.2) is 0 Å². The Hall–Kier alpha value is -0.0800. The SMILES string of the molecule is CCCNC(CCCC1CCCO1)C1CCCC(CC)C1. The first-order chi connectivity index (χ1) is 10.3. The minimum atomic E-state index is 0.576. The first-order valence-corrected chi connectivity index (χ1v) is 9.68. The molecule has 0 aromatic rings. The molecule has 2 aliphatic rings. The van der Waals surface area contributed by atoms with Crippen LogP contribution in [0, 0.1) is 11.8 Å². The Morgan fingerprint density at radius 2 is 2.05 bits per heavy atom. The molecule has 0 amide bonds. The van der Waals surface area contributed by atoms with E-state index in [2.05, 4.69) is 19.2 Å². The largest absolute Gasteiger partial charge is 0.378 e. The maximum Gasteiger partial charge on any atom is 0.0576 e. The Morgan fingerprint density at radius 1 is 1.14 bits per heavy atom. The van der Waals surface area contributed by atoms with Crippen LogP contribution in [0.4, 0.5) is 0 Å². The van der Waals surface area contributed by atoms with Gasteiger partial charge in [0.1, 0.15) is 0 Å². The molecule has 0 aromatic carbocycles. The van der Waals surface area contributed by atoms with Crippen molar-refractivity contribution in [2.45, 2.75) is 96.6 Å². The monoisotopic (exact) mass is 295 g/mol. The van der Waals surface area contributed by atoms with Crippen LogP contribution in [0.3, 0.4) is 0 Å². The lowest BCUT2D eigenvalue weighted by Crippen LogP contribution is -2.39. The van der Waals surface area contributed by atoms with Gasteiger partial charge in [-0.15, -0.1) is 0 Å². The van der Waals surface area contributed by atoms with Gasteiger partial charge in [0.05, 0.1) is 6.10 Å². The van der Waals surface area contributed by atoms with Crippen molar-refractivity contribution in [1.82, 2.24) is 5.32 Å². The van der Waals surface area contributed by atoms with Crippen LogP contribution in [-0.4, -0.2) is 25.3 Å². The third kappa shape index (κ3) is 5.90. The van der Waals surface area contributed by atoms with Gasteiger partial charge >= 0.3 is 0 Å². The van der Waals surface area contributed by atoms with Crippen LogP contribution in [-0.2, 0) is 4.74 Å². The summed E-state index contributed by atoms with van der Waals surface area (Å²) < 4.78 is 5.78. The standard InChI is InChI=1S/C19H37NO/c1-3-13-20-19(12-6-10-18-11-7-14-21-18)17-9-5-8-16(4-2)15-17/h16-20H,3-15H2,1-2H3. The van der Waals surface area contributed by atoms with Crippen molar-refractivity contribution in [3.05, 3.63) is 0 Å². The van der Waals surface area contributed by atoms with Gasteiger partial charge in [-0.3, -0.25) is 0 Å². The van der Waals surface area contributed by atoms with E-state index in [0.29, 0.717) is 6.10 Å². The van der Waals surface area contributed by atoms with Crippen molar-refractivity contribution in [2.24, 2.45) is 11.8 Å². The minimum absolute atomic E-state index is 0.576. The summed E-state index contributed by atoms with van der Waals surface area (Å²) in [7, 11) is 0.